The number of nitrogens with zero attached hydrogens (tertiary/aromatic N) is 1. The number of hydrogen-bond acceptors (Lipinski definition) is 3. The summed E-state index contributed by atoms with van der Waals surface area (Å²) in [6.45, 7) is 0. The van der Waals surface area contributed by atoms with E-state index in [1.165, 1.54) is 31.0 Å². The van der Waals surface area contributed by atoms with Crippen molar-refractivity contribution in [1.29, 1.82) is 0 Å². The second kappa shape index (κ2) is 6.19. The lowest BCUT2D eigenvalue weighted by Crippen LogP contribution is -1.84. The number of pyridine rings is 1. The number of hydrogen-bond donors (Lipinski definition) is 0. The van der Waals surface area contributed by atoms with Gasteiger partial charge in [-0.15, -0.1) is 23.1 Å². The van der Waals surface area contributed by atoms with Crippen molar-refractivity contribution in [2.24, 2.45) is 0 Å². The smallest absolute Gasteiger partial charge is 0.0808 e. The zero-order chi connectivity index (χ0) is 15.6. The third-order valence-electron chi connectivity index (χ3n) is 3.86. The maximum Gasteiger partial charge on any atom is 0.0808 e. The first-order valence-electron chi connectivity index (χ1n) is 7.45. The molecule has 4 aromatic rings. The molecule has 2 aromatic heterocycles. The topological polar surface area (TPSA) is 12.9 Å². The van der Waals surface area contributed by atoms with Gasteiger partial charge < -0.3 is 0 Å². The Labute approximate surface area is 144 Å². The third kappa shape index (κ3) is 2.56. The molecule has 112 valence electrons. The van der Waals surface area contributed by atoms with Crippen LogP contribution in [0.2, 0.25) is 0 Å². The SMILES string of the molecule is CSc1cccc2sc(-c3ccccn3)c(-c3ccccc3)c12. The highest BCUT2D eigenvalue weighted by atomic mass is 32.2. The molecular formula is C20H15NS2. The van der Waals surface area contributed by atoms with Crippen molar-refractivity contribution in [3.8, 4) is 21.7 Å². The van der Waals surface area contributed by atoms with Crippen LogP contribution in [-0.4, -0.2) is 11.2 Å². The van der Waals surface area contributed by atoms with E-state index in [9.17, 15) is 0 Å². The maximum absolute atomic E-state index is 4.59. The van der Waals surface area contributed by atoms with Crippen LogP contribution in [-0.2, 0) is 0 Å². The minimum absolute atomic E-state index is 1.04. The Bertz CT molecular complexity index is 943. The summed E-state index contributed by atoms with van der Waals surface area (Å²) in [5.41, 5.74) is 3.59. The second-order valence-electron chi connectivity index (χ2n) is 5.22. The molecule has 0 aliphatic carbocycles. The van der Waals surface area contributed by atoms with E-state index in [1.807, 2.05) is 23.6 Å². The quantitative estimate of drug-likeness (QED) is 0.405. The highest BCUT2D eigenvalue weighted by molar-refractivity contribution is 7.98. The minimum Gasteiger partial charge on any atom is -0.255 e. The fourth-order valence-electron chi connectivity index (χ4n) is 2.84. The van der Waals surface area contributed by atoms with Gasteiger partial charge in [-0.1, -0.05) is 42.5 Å². The number of thiophene rings is 1. The first-order valence-corrected chi connectivity index (χ1v) is 9.49. The van der Waals surface area contributed by atoms with Crippen LogP contribution in [0.15, 0.2) is 77.8 Å². The summed E-state index contributed by atoms with van der Waals surface area (Å²) >= 11 is 3.63. The first kappa shape index (κ1) is 14.5. The summed E-state index contributed by atoms with van der Waals surface area (Å²) in [4.78, 5) is 7.15. The van der Waals surface area contributed by atoms with E-state index in [4.69, 9.17) is 0 Å². The summed E-state index contributed by atoms with van der Waals surface area (Å²) < 4.78 is 1.32. The average Bonchev–Trinajstić information content (AvgIpc) is 3.03. The summed E-state index contributed by atoms with van der Waals surface area (Å²) in [6.07, 6.45) is 4.01. The lowest BCUT2D eigenvalue weighted by atomic mass is 10.0. The molecule has 0 bridgehead atoms. The fraction of sp³-hybridized carbons (Fsp3) is 0.0500. The molecule has 0 N–H and O–H groups in total. The maximum atomic E-state index is 4.59. The van der Waals surface area contributed by atoms with Crippen molar-refractivity contribution < 1.29 is 0 Å². The Morgan fingerprint density at radius 1 is 0.870 bits per heavy atom. The molecule has 2 heterocycles. The highest BCUT2D eigenvalue weighted by Gasteiger charge is 2.18. The van der Waals surface area contributed by atoms with Gasteiger partial charge in [-0.25, -0.2) is 0 Å². The molecule has 23 heavy (non-hydrogen) atoms. The van der Waals surface area contributed by atoms with E-state index >= 15 is 0 Å². The zero-order valence-electron chi connectivity index (χ0n) is 12.7. The first-order chi connectivity index (χ1) is 11.4. The van der Waals surface area contributed by atoms with Gasteiger partial charge in [-0.05, 0) is 36.1 Å². The Balaban J connectivity index is 2.11. The lowest BCUT2D eigenvalue weighted by molar-refractivity contribution is 1.34. The van der Waals surface area contributed by atoms with Crippen LogP contribution < -0.4 is 0 Å². The molecule has 0 spiro atoms. The summed E-state index contributed by atoms with van der Waals surface area (Å²) in [7, 11) is 0. The van der Waals surface area contributed by atoms with Gasteiger partial charge in [-0.3, -0.25) is 4.98 Å². The van der Waals surface area contributed by atoms with Gasteiger partial charge in [0.25, 0.3) is 0 Å². The Hall–Kier alpha value is -2.10. The highest BCUT2D eigenvalue weighted by Crippen LogP contribution is 2.46. The van der Waals surface area contributed by atoms with Crippen LogP contribution in [0.1, 0.15) is 0 Å². The molecule has 2 aromatic carbocycles. The minimum atomic E-state index is 1.04. The Kier molecular flexibility index (Phi) is 3.90. The van der Waals surface area contributed by atoms with Crippen LogP contribution in [0.3, 0.4) is 0 Å². The van der Waals surface area contributed by atoms with E-state index in [2.05, 4.69) is 71.9 Å². The van der Waals surface area contributed by atoms with Crippen LogP contribution in [0.5, 0.6) is 0 Å². The average molecular weight is 333 g/mol. The predicted molar refractivity (Wildman–Crippen MR) is 102 cm³/mol. The molecule has 0 saturated carbocycles. The van der Waals surface area contributed by atoms with E-state index in [1.54, 1.807) is 11.8 Å². The molecule has 4 rings (SSSR count). The molecular weight excluding hydrogens is 318 g/mol. The standard InChI is InChI=1S/C20H15NS2/c1-22-16-11-7-12-17-19(16)18(14-8-3-2-4-9-14)20(23-17)15-10-5-6-13-21-15/h2-13H,1H3. The van der Waals surface area contributed by atoms with Crippen molar-refractivity contribution >= 4 is 33.2 Å². The van der Waals surface area contributed by atoms with Crippen LogP contribution in [0.25, 0.3) is 31.8 Å². The lowest BCUT2D eigenvalue weighted by Gasteiger charge is -2.07. The van der Waals surface area contributed by atoms with E-state index < -0.39 is 0 Å². The molecule has 0 aliphatic heterocycles. The Morgan fingerprint density at radius 2 is 1.70 bits per heavy atom. The monoisotopic (exact) mass is 333 g/mol. The second-order valence-corrected chi connectivity index (χ2v) is 7.12. The van der Waals surface area contributed by atoms with Crippen molar-refractivity contribution in [2.75, 3.05) is 6.26 Å². The molecule has 0 aliphatic rings. The fourth-order valence-corrected chi connectivity index (χ4v) is 4.77. The molecule has 0 atom stereocenters. The van der Waals surface area contributed by atoms with Crippen LogP contribution >= 0.6 is 23.1 Å². The summed E-state index contributed by atoms with van der Waals surface area (Å²) in [5, 5.41) is 1.34. The molecule has 0 amide bonds. The van der Waals surface area contributed by atoms with Crippen LogP contribution in [0, 0.1) is 0 Å². The van der Waals surface area contributed by atoms with Gasteiger partial charge in [-0.2, -0.15) is 0 Å². The van der Waals surface area contributed by atoms with Gasteiger partial charge in [0.1, 0.15) is 0 Å². The largest absolute Gasteiger partial charge is 0.255 e. The summed E-state index contributed by atoms with van der Waals surface area (Å²) in [6, 6.07) is 23.3. The molecule has 0 saturated heterocycles. The summed E-state index contributed by atoms with van der Waals surface area (Å²) in [5.74, 6) is 0. The molecule has 0 fully saturated rings. The van der Waals surface area contributed by atoms with E-state index in [-0.39, 0.29) is 0 Å². The molecule has 0 radical (unpaired) electrons. The van der Waals surface area contributed by atoms with Crippen molar-refractivity contribution in [1.82, 2.24) is 4.98 Å². The van der Waals surface area contributed by atoms with Gasteiger partial charge >= 0.3 is 0 Å². The van der Waals surface area contributed by atoms with E-state index in [0.717, 1.165) is 5.69 Å². The zero-order valence-corrected chi connectivity index (χ0v) is 14.3. The molecule has 0 unspecified atom stereocenters. The normalized spacial score (nSPS) is 11.0. The van der Waals surface area contributed by atoms with Gasteiger partial charge in [0.2, 0.25) is 0 Å². The van der Waals surface area contributed by atoms with Gasteiger partial charge in [0.05, 0.1) is 10.6 Å². The van der Waals surface area contributed by atoms with Crippen LogP contribution in [0.4, 0.5) is 0 Å². The number of benzene rings is 2. The van der Waals surface area contributed by atoms with Gasteiger partial charge in [0, 0.05) is 26.7 Å². The number of fused-ring (bicyclic) bond motifs is 1. The van der Waals surface area contributed by atoms with E-state index in [0.29, 0.717) is 0 Å². The third-order valence-corrected chi connectivity index (χ3v) is 5.81. The van der Waals surface area contributed by atoms with Crippen molar-refractivity contribution in [2.45, 2.75) is 4.90 Å². The molecule has 1 nitrogen and oxygen atoms in total. The van der Waals surface area contributed by atoms with Crippen molar-refractivity contribution in [3.63, 3.8) is 0 Å². The Morgan fingerprint density at radius 3 is 2.43 bits per heavy atom. The predicted octanol–water partition coefficient (Wildman–Crippen LogP) is 6.35. The molecule has 3 heteroatoms. The van der Waals surface area contributed by atoms with Crippen molar-refractivity contribution in [3.05, 3.63) is 72.9 Å². The number of thioether (sulfide) groups is 1. The number of rotatable bonds is 3. The number of aromatic nitrogens is 1. The van der Waals surface area contributed by atoms with Gasteiger partial charge in [0.15, 0.2) is 0 Å².